The number of carbonyl (C=O) groups is 1. The van der Waals surface area contributed by atoms with E-state index < -0.39 is 0 Å². The number of hydrogen-bond donors (Lipinski definition) is 1. The molecule has 0 rings (SSSR count). The molecular formula is C10H19BrClNO. The lowest BCUT2D eigenvalue weighted by molar-refractivity contribution is -0.121. The average molecular weight is 285 g/mol. The number of halogens is 2. The van der Waals surface area contributed by atoms with Crippen LogP contribution in [0.1, 0.15) is 38.5 Å². The van der Waals surface area contributed by atoms with Crippen molar-refractivity contribution in [2.75, 3.05) is 17.8 Å². The third-order valence-corrected chi connectivity index (χ3v) is 2.75. The number of hydrogen-bond acceptors (Lipinski definition) is 1. The summed E-state index contributed by atoms with van der Waals surface area (Å²) in [7, 11) is 0. The lowest BCUT2D eigenvalue weighted by atomic mass is 10.2. The Bertz CT molecular complexity index is 130. The fourth-order valence-corrected chi connectivity index (χ4v) is 1.68. The summed E-state index contributed by atoms with van der Waals surface area (Å²) in [6.45, 7) is 0.768. The molecule has 0 bridgehead atoms. The normalized spacial score (nSPS) is 10.1. The fraction of sp³-hybridized carbons (Fsp3) is 0.900. The van der Waals surface area contributed by atoms with Crippen LogP contribution in [0.5, 0.6) is 0 Å². The zero-order valence-electron chi connectivity index (χ0n) is 8.53. The third-order valence-electron chi connectivity index (χ3n) is 1.92. The van der Waals surface area contributed by atoms with Gasteiger partial charge in [-0.2, -0.15) is 0 Å². The van der Waals surface area contributed by atoms with Crippen LogP contribution in [0.3, 0.4) is 0 Å². The second-order valence-electron chi connectivity index (χ2n) is 3.25. The maximum Gasteiger partial charge on any atom is 0.219 e. The highest BCUT2D eigenvalue weighted by Crippen LogP contribution is 2.01. The SMILES string of the molecule is O=C(CCCCCBr)NCCCCCl. The summed E-state index contributed by atoms with van der Waals surface area (Å²) in [5, 5.41) is 3.92. The monoisotopic (exact) mass is 283 g/mol. The van der Waals surface area contributed by atoms with E-state index in [2.05, 4.69) is 21.2 Å². The van der Waals surface area contributed by atoms with Crippen LogP contribution in [-0.2, 0) is 4.79 Å². The second kappa shape index (κ2) is 11.3. The van der Waals surface area contributed by atoms with Crippen molar-refractivity contribution in [2.24, 2.45) is 0 Å². The quantitative estimate of drug-likeness (QED) is 0.512. The standard InChI is InChI=1S/C10H19BrClNO/c11-7-3-1-2-6-10(14)13-9-5-4-8-12/h1-9H2,(H,13,14). The zero-order valence-corrected chi connectivity index (χ0v) is 10.9. The molecule has 2 nitrogen and oxygen atoms in total. The van der Waals surface area contributed by atoms with Gasteiger partial charge < -0.3 is 5.32 Å². The van der Waals surface area contributed by atoms with Crippen LogP contribution in [0.25, 0.3) is 0 Å². The Morgan fingerprint density at radius 3 is 2.57 bits per heavy atom. The van der Waals surface area contributed by atoms with Crippen molar-refractivity contribution in [2.45, 2.75) is 38.5 Å². The minimum Gasteiger partial charge on any atom is -0.356 e. The largest absolute Gasteiger partial charge is 0.356 e. The van der Waals surface area contributed by atoms with Crippen molar-refractivity contribution >= 4 is 33.4 Å². The molecule has 1 N–H and O–H groups in total. The molecule has 0 saturated heterocycles. The van der Waals surface area contributed by atoms with Gasteiger partial charge in [-0.05, 0) is 25.7 Å². The molecule has 0 unspecified atom stereocenters. The first-order valence-electron chi connectivity index (χ1n) is 5.20. The Morgan fingerprint density at radius 2 is 1.93 bits per heavy atom. The summed E-state index contributed by atoms with van der Waals surface area (Å²) in [6, 6.07) is 0. The molecule has 0 fully saturated rings. The van der Waals surface area contributed by atoms with Crippen molar-refractivity contribution in [1.82, 2.24) is 5.32 Å². The molecule has 0 aromatic carbocycles. The first-order chi connectivity index (χ1) is 6.81. The van der Waals surface area contributed by atoms with Gasteiger partial charge in [-0.15, -0.1) is 11.6 Å². The first kappa shape index (κ1) is 14.2. The molecule has 0 aliphatic rings. The molecule has 0 saturated carbocycles. The van der Waals surface area contributed by atoms with E-state index in [0.717, 1.165) is 44.0 Å². The highest BCUT2D eigenvalue weighted by molar-refractivity contribution is 9.09. The zero-order chi connectivity index (χ0) is 10.6. The van der Waals surface area contributed by atoms with Crippen molar-refractivity contribution in [3.05, 3.63) is 0 Å². The molecule has 0 radical (unpaired) electrons. The third kappa shape index (κ3) is 10.3. The smallest absolute Gasteiger partial charge is 0.219 e. The number of rotatable bonds is 9. The summed E-state index contributed by atoms with van der Waals surface area (Å²) >= 11 is 8.88. The number of alkyl halides is 2. The number of amides is 1. The van der Waals surface area contributed by atoms with Gasteiger partial charge in [0.1, 0.15) is 0 Å². The summed E-state index contributed by atoms with van der Waals surface area (Å²) < 4.78 is 0. The van der Waals surface area contributed by atoms with Crippen molar-refractivity contribution < 1.29 is 4.79 Å². The van der Waals surface area contributed by atoms with E-state index in [0.29, 0.717) is 12.3 Å². The van der Waals surface area contributed by atoms with Gasteiger partial charge in [0.2, 0.25) is 5.91 Å². The Balaban J connectivity index is 3.11. The Hall–Kier alpha value is 0.240. The average Bonchev–Trinajstić information content (AvgIpc) is 2.19. The van der Waals surface area contributed by atoms with Crippen LogP contribution < -0.4 is 5.32 Å². The summed E-state index contributed by atoms with van der Waals surface area (Å²) in [5.41, 5.74) is 0. The summed E-state index contributed by atoms with van der Waals surface area (Å²) in [6.07, 6.45) is 5.89. The van der Waals surface area contributed by atoms with E-state index in [-0.39, 0.29) is 5.91 Å². The van der Waals surface area contributed by atoms with E-state index in [9.17, 15) is 4.79 Å². The molecule has 0 atom stereocenters. The van der Waals surface area contributed by atoms with Crippen LogP contribution in [0.15, 0.2) is 0 Å². The maximum atomic E-state index is 11.2. The molecule has 0 aromatic heterocycles. The van der Waals surface area contributed by atoms with E-state index in [1.165, 1.54) is 0 Å². The van der Waals surface area contributed by atoms with Gasteiger partial charge in [-0.25, -0.2) is 0 Å². The van der Waals surface area contributed by atoms with Crippen LogP contribution in [-0.4, -0.2) is 23.7 Å². The molecule has 84 valence electrons. The van der Waals surface area contributed by atoms with Crippen LogP contribution >= 0.6 is 27.5 Å². The van der Waals surface area contributed by atoms with Crippen LogP contribution in [0.4, 0.5) is 0 Å². The van der Waals surface area contributed by atoms with E-state index in [4.69, 9.17) is 11.6 Å². The highest BCUT2D eigenvalue weighted by Gasteiger charge is 1.99. The minimum atomic E-state index is 0.175. The Labute approximate surface area is 99.9 Å². The number of carbonyl (C=O) groups excluding carboxylic acids is 1. The molecular weight excluding hydrogens is 265 g/mol. The molecule has 4 heteroatoms. The predicted molar refractivity (Wildman–Crippen MR) is 65.2 cm³/mol. The summed E-state index contributed by atoms with van der Waals surface area (Å²) in [5.74, 6) is 0.857. The van der Waals surface area contributed by atoms with Crippen molar-refractivity contribution in [3.63, 3.8) is 0 Å². The van der Waals surface area contributed by atoms with Crippen molar-refractivity contribution in [3.8, 4) is 0 Å². The summed E-state index contributed by atoms with van der Waals surface area (Å²) in [4.78, 5) is 11.2. The molecule has 0 heterocycles. The van der Waals surface area contributed by atoms with Gasteiger partial charge in [-0.3, -0.25) is 4.79 Å². The lowest BCUT2D eigenvalue weighted by Crippen LogP contribution is -2.24. The van der Waals surface area contributed by atoms with Gasteiger partial charge >= 0.3 is 0 Å². The number of nitrogens with one attached hydrogen (secondary N) is 1. The highest BCUT2D eigenvalue weighted by atomic mass is 79.9. The minimum absolute atomic E-state index is 0.175. The number of unbranched alkanes of at least 4 members (excludes halogenated alkanes) is 3. The van der Waals surface area contributed by atoms with E-state index in [1.807, 2.05) is 0 Å². The van der Waals surface area contributed by atoms with E-state index in [1.54, 1.807) is 0 Å². The second-order valence-corrected chi connectivity index (χ2v) is 4.42. The molecule has 0 aliphatic heterocycles. The first-order valence-corrected chi connectivity index (χ1v) is 6.85. The lowest BCUT2D eigenvalue weighted by Gasteiger charge is -2.03. The molecule has 1 amide bonds. The van der Waals surface area contributed by atoms with Gasteiger partial charge in [0.05, 0.1) is 0 Å². The van der Waals surface area contributed by atoms with Gasteiger partial charge in [0, 0.05) is 24.2 Å². The fourth-order valence-electron chi connectivity index (χ4n) is 1.09. The van der Waals surface area contributed by atoms with E-state index >= 15 is 0 Å². The molecule has 0 aromatic rings. The molecule has 0 aliphatic carbocycles. The van der Waals surface area contributed by atoms with Crippen molar-refractivity contribution in [1.29, 1.82) is 0 Å². The van der Waals surface area contributed by atoms with Crippen LogP contribution in [0, 0.1) is 0 Å². The Kier molecular flexibility index (Phi) is 11.5. The maximum absolute atomic E-state index is 11.2. The molecule has 14 heavy (non-hydrogen) atoms. The van der Waals surface area contributed by atoms with Gasteiger partial charge in [0.25, 0.3) is 0 Å². The predicted octanol–water partition coefficient (Wildman–Crippen LogP) is 3.08. The Morgan fingerprint density at radius 1 is 1.14 bits per heavy atom. The molecule has 0 spiro atoms. The van der Waals surface area contributed by atoms with Crippen LogP contribution in [0.2, 0.25) is 0 Å². The topological polar surface area (TPSA) is 29.1 Å². The van der Waals surface area contributed by atoms with Gasteiger partial charge in [-0.1, -0.05) is 22.4 Å². The van der Waals surface area contributed by atoms with Gasteiger partial charge in [0.15, 0.2) is 0 Å².